The molecule has 3 aliphatic rings. The Balaban J connectivity index is 1.92. The lowest BCUT2D eigenvalue weighted by molar-refractivity contribution is -0.132. The van der Waals surface area contributed by atoms with Crippen molar-refractivity contribution in [3.63, 3.8) is 0 Å². The zero-order chi connectivity index (χ0) is 9.00. The molecule has 3 rings (SSSR count). The highest BCUT2D eigenvalue weighted by molar-refractivity contribution is 5.87. The molecule has 0 aromatic heterocycles. The SMILES string of the molecule is O=C(O)C1=CC2C3C=CC(C3)C2C1. The van der Waals surface area contributed by atoms with Crippen molar-refractivity contribution in [2.24, 2.45) is 23.7 Å². The van der Waals surface area contributed by atoms with E-state index in [9.17, 15) is 4.79 Å². The third kappa shape index (κ3) is 0.859. The second kappa shape index (κ2) is 2.25. The molecule has 1 fully saturated rings. The third-order valence-corrected chi connectivity index (χ3v) is 3.81. The van der Waals surface area contributed by atoms with Crippen LogP contribution in [-0.2, 0) is 4.79 Å². The molecule has 0 aromatic rings. The summed E-state index contributed by atoms with van der Waals surface area (Å²) in [5.74, 6) is 1.76. The Bertz CT molecular complexity index is 327. The average molecular weight is 176 g/mol. The molecule has 4 atom stereocenters. The van der Waals surface area contributed by atoms with Crippen LogP contribution in [0.25, 0.3) is 0 Å². The van der Waals surface area contributed by atoms with Gasteiger partial charge in [-0.2, -0.15) is 0 Å². The minimum Gasteiger partial charge on any atom is -0.478 e. The molecule has 0 aromatic carbocycles. The molecule has 2 nitrogen and oxygen atoms in total. The zero-order valence-corrected chi connectivity index (χ0v) is 7.31. The molecule has 2 heteroatoms. The number of carboxylic acid groups (broad SMARTS) is 1. The zero-order valence-electron chi connectivity index (χ0n) is 7.31. The van der Waals surface area contributed by atoms with Crippen molar-refractivity contribution >= 4 is 5.97 Å². The molecule has 4 unspecified atom stereocenters. The molecular formula is C11H12O2. The summed E-state index contributed by atoms with van der Waals surface area (Å²) in [6, 6.07) is 0. The van der Waals surface area contributed by atoms with Crippen LogP contribution in [0.15, 0.2) is 23.8 Å². The topological polar surface area (TPSA) is 37.3 Å². The van der Waals surface area contributed by atoms with Gasteiger partial charge in [0.2, 0.25) is 0 Å². The fraction of sp³-hybridized carbons (Fsp3) is 0.545. The Hall–Kier alpha value is -1.05. The van der Waals surface area contributed by atoms with Gasteiger partial charge < -0.3 is 5.11 Å². The van der Waals surface area contributed by atoms with E-state index in [1.807, 2.05) is 6.08 Å². The maximum atomic E-state index is 10.8. The first kappa shape index (κ1) is 7.36. The van der Waals surface area contributed by atoms with E-state index in [1.54, 1.807) is 0 Å². The lowest BCUT2D eigenvalue weighted by Crippen LogP contribution is -2.13. The van der Waals surface area contributed by atoms with Gasteiger partial charge in [0.25, 0.3) is 0 Å². The number of aliphatic carboxylic acids is 1. The lowest BCUT2D eigenvalue weighted by atomic mass is 9.85. The van der Waals surface area contributed by atoms with Crippen LogP contribution in [0.4, 0.5) is 0 Å². The molecule has 0 aliphatic heterocycles. The molecule has 0 amide bonds. The van der Waals surface area contributed by atoms with Gasteiger partial charge in [-0.15, -0.1) is 0 Å². The predicted molar refractivity (Wildman–Crippen MR) is 48.1 cm³/mol. The van der Waals surface area contributed by atoms with Crippen molar-refractivity contribution in [1.82, 2.24) is 0 Å². The van der Waals surface area contributed by atoms with Crippen LogP contribution in [0.2, 0.25) is 0 Å². The van der Waals surface area contributed by atoms with Crippen LogP contribution >= 0.6 is 0 Å². The van der Waals surface area contributed by atoms with E-state index in [-0.39, 0.29) is 0 Å². The molecule has 0 heterocycles. The van der Waals surface area contributed by atoms with Gasteiger partial charge >= 0.3 is 5.97 Å². The van der Waals surface area contributed by atoms with E-state index in [0.717, 1.165) is 6.42 Å². The van der Waals surface area contributed by atoms with Crippen LogP contribution in [0.5, 0.6) is 0 Å². The quantitative estimate of drug-likeness (QED) is 0.619. The molecular weight excluding hydrogens is 164 g/mol. The van der Waals surface area contributed by atoms with Crippen LogP contribution in [0.3, 0.4) is 0 Å². The summed E-state index contributed by atoms with van der Waals surface area (Å²) in [7, 11) is 0. The minimum absolute atomic E-state index is 0.543. The smallest absolute Gasteiger partial charge is 0.331 e. The maximum Gasteiger partial charge on any atom is 0.331 e. The molecule has 1 N–H and O–H groups in total. The molecule has 2 bridgehead atoms. The monoisotopic (exact) mass is 176 g/mol. The van der Waals surface area contributed by atoms with E-state index >= 15 is 0 Å². The van der Waals surface area contributed by atoms with Crippen LogP contribution in [0.1, 0.15) is 12.8 Å². The summed E-state index contributed by atoms with van der Waals surface area (Å²) < 4.78 is 0. The van der Waals surface area contributed by atoms with Crippen molar-refractivity contribution in [2.75, 3.05) is 0 Å². The normalized spacial score (nSPS) is 45.1. The Morgan fingerprint density at radius 3 is 2.85 bits per heavy atom. The van der Waals surface area contributed by atoms with Crippen molar-refractivity contribution in [2.45, 2.75) is 12.8 Å². The number of carboxylic acids is 1. The third-order valence-electron chi connectivity index (χ3n) is 3.81. The minimum atomic E-state index is -0.714. The first-order valence-corrected chi connectivity index (χ1v) is 4.88. The van der Waals surface area contributed by atoms with Crippen molar-refractivity contribution in [1.29, 1.82) is 0 Å². The number of carbonyl (C=O) groups is 1. The molecule has 0 radical (unpaired) electrons. The summed E-state index contributed by atoms with van der Waals surface area (Å²) in [6.07, 6.45) is 8.61. The van der Waals surface area contributed by atoms with Gasteiger partial charge in [0, 0.05) is 5.57 Å². The van der Waals surface area contributed by atoms with Gasteiger partial charge in [-0.3, -0.25) is 0 Å². The van der Waals surface area contributed by atoms with E-state index in [2.05, 4.69) is 12.2 Å². The maximum absolute atomic E-state index is 10.8. The second-order valence-electron chi connectivity index (χ2n) is 4.39. The first-order chi connectivity index (χ1) is 6.25. The van der Waals surface area contributed by atoms with Gasteiger partial charge in [0.1, 0.15) is 0 Å². The highest BCUT2D eigenvalue weighted by Gasteiger charge is 2.47. The van der Waals surface area contributed by atoms with Gasteiger partial charge in [0.15, 0.2) is 0 Å². The molecule has 68 valence electrons. The highest BCUT2D eigenvalue weighted by Crippen LogP contribution is 2.54. The van der Waals surface area contributed by atoms with Gasteiger partial charge in [-0.25, -0.2) is 4.79 Å². The molecule has 0 saturated heterocycles. The first-order valence-electron chi connectivity index (χ1n) is 4.88. The average Bonchev–Trinajstić information content (AvgIpc) is 2.76. The largest absolute Gasteiger partial charge is 0.478 e. The molecule has 0 spiro atoms. The predicted octanol–water partition coefficient (Wildman–Crippen LogP) is 1.84. The second-order valence-corrected chi connectivity index (χ2v) is 4.39. The summed E-state index contributed by atoms with van der Waals surface area (Å²) in [6.45, 7) is 0. The fourth-order valence-electron chi connectivity index (χ4n) is 3.21. The van der Waals surface area contributed by atoms with E-state index in [1.165, 1.54) is 6.42 Å². The Labute approximate surface area is 76.9 Å². The molecule has 3 aliphatic carbocycles. The Morgan fingerprint density at radius 2 is 2.15 bits per heavy atom. The lowest BCUT2D eigenvalue weighted by Gasteiger charge is -2.18. The van der Waals surface area contributed by atoms with Gasteiger partial charge in [-0.05, 0) is 36.5 Å². The van der Waals surface area contributed by atoms with Gasteiger partial charge in [0.05, 0.1) is 0 Å². The summed E-state index contributed by atoms with van der Waals surface area (Å²) in [4.78, 5) is 10.8. The van der Waals surface area contributed by atoms with E-state index in [4.69, 9.17) is 5.11 Å². The van der Waals surface area contributed by atoms with Crippen LogP contribution in [-0.4, -0.2) is 11.1 Å². The number of fused-ring (bicyclic) bond motifs is 5. The standard InChI is InChI=1S/C11H12O2/c12-11(13)8-4-9-6-1-2-7(3-6)10(9)5-8/h1-2,4,6-7,9-10H,3,5H2,(H,12,13). The van der Waals surface area contributed by atoms with Crippen LogP contribution in [0, 0.1) is 23.7 Å². The molecule has 13 heavy (non-hydrogen) atoms. The highest BCUT2D eigenvalue weighted by atomic mass is 16.4. The van der Waals surface area contributed by atoms with Crippen molar-refractivity contribution < 1.29 is 9.90 Å². The van der Waals surface area contributed by atoms with E-state index in [0.29, 0.717) is 29.2 Å². The Morgan fingerprint density at radius 1 is 1.38 bits per heavy atom. The Kier molecular flexibility index (Phi) is 1.27. The number of hydrogen-bond donors (Lipinski definition) is 1. The number of allylic oxidation sites excluding steroid dienone is 3. The molecule has 1 saturated carbocycles. The van der Waals surface area contributed by atoms with Gasteiger partial charge in [-0.1, -0.05) is 18.2 Å². The fourth-order valence-corrected chi connectivity index (χ4v) is 3.21. The van der Waals surface area contributed by atoms with E-state index < -0.39 is 5.97 Å². The van der Waals surface area contributed by atoms with Crippen molar-refractivity contribution in [3.05, 3.63) is 23.8 Å². The summed E-state index contributed by atoms with van der Waals surface area (Å²) in [5, 5.41) is 8.87. The summed E-state index contributed by atoms with van der Waals surface area (Å²) >= 11 is 0. The van der Waals surface area contributed by atoms with Crippen molar-refractivity contribution in [3.8, 4) is 0 Å². The number of hydrogen-bond acceptors (Lipinski definition) is 1. The number of rotatable bonds is 1. The summed E-state index contributed by atoms with van der Waals surface area (Å²) in [5.41, 5.74) is 0.647. The van der Waals surface area contributed by atoms with Crippen LogP contribution < -0.4 is 0 Å².